The number of aliphatic hydroxyl groups is 1. The molecule has 0 saturated carbocycles. The number of nitrogens with zero attached hydrogens (tertiary/aromatic N) is 1. The zero-order valence-electron chi connectivity index (χ0n) is 15.4. The maximum absolute atomic E-state index is 13.8. The molecule has 4 nitrogen and oxygen atoms in total. The van der Waals surface area contributed by atoms with E-state index in [0.717, 1.165) is 16.7 Å². The van der Waals surface area contributed by atoms with E-state index in [-0.39, 0.29) is 6.61 Å². The summed E-state index contributed by atoms with van der Waals surface area (Å²) < 4.78 is 27.3. The van der Waals surface area contributed by atoms with Gasteiger partial charge < -0.3 is 10.4 Å². The predicted molar refractivity (Wildman–Crippen MR) is 107 cm³/mol. The first-order valence-electron chi connectivity index (χ1n) is 9.16. The summed E-state index contributed by atoms with van der Waals surface area (Å²) in [5, 5.41) is 12.3. The molecule has 1 aliphatic rings. The molecule has 0 aliphatic carbocycles. The number of nitrogens with one attached hydrogen (secondary N) is 1. The van der Waals surface area contributed by atoms with Gasteiger partial charge in [0.2, 0.25) is 5.97 Å². The van der Waals surface area contributed by atoms with Crippen molar-refractivity contribution in [1.29, 1.82) is 0 Å². The molecule has 1 unspecified atom stereocenters. The lowest BCUT2D eigenvalue weighted by Gasteiger charge is -2.17. The fraction of sp³-hybridized carbons (Fsp3) is 0.130. The number of fused-ring (bicyclic) bond motifs is 1. The average Bonchev–Trinajstić information content (AvgIpc) is 3.12. The van der Waals surface area contributed by atoms with Crippen LogP contribution in [0.2, 0.25) is 0 Å². The minimum atomic E-state index is -0.729. The van der Waals surface area contributed by atoms with Crippen LogP contribution in [0, 0.1) is 5.82 Å². The van der Waals surface area contributed by atoms with Crippen LogP contribution in [0.3, 0.4) is 0 Å². The molecule has 6 heteroatoms. The van der Waals surface area contributed by atoms with Gasteiger partial charge in [0, 0.05) is 11.1 Å². The van der Waals surface area contributed by atoms with Crippen molar-refractivity contribution in [2.24, 2.45) is 4.99 Å². The van der Waals surface area contributed by atoms with Crippen LogP contribution in [-0.2, 0) is 6.54 Å². The molecule has 0 fully saturated rings. The number of carbonyl (C=O) groups is 1. The zero-order chi connectivity index (χ0) is 20.4. The summed E-state index contributed by atoms with van der Waals surface area (Å²) in [5.74, 6) is -1.31. The highest BCUT2D eigenvalue weighted by Gasteiger charge is 2.18. The molecule has 0 aromatic heterocycles. The lowest BCUT2D eigenvalue weighted by atomic mass is 9.98. The van der Waals surface area contributed by atoms with Crippen LogP contribution in [-0.4, -0.2) is 23.6 Å². The predicted octanol–water partition coefficient (Wildman–Crippen LogP) is 4.19. The van der Waals surface area contributed by atoms with Crippen molar-refractivity contribution >= 4 is 11.9 Å². The van der Waals surface area contributed by atoms with E-state index < -0.39 is 23.7 Å². The monoisotopic (exact) mass is 392 g/mol. The minimum Gasteiger partial charge on any atom is -0.394 e. The molecule has 1 amide bonds. The lowest BCUT2D eigenvalue weighted by Crippen LogP contribution is -2.30. The van der Waals surface area contributed by atoms with E-state index in [1.54, 1.807) is 30.3 Å². The van der Waals surface area contributed by atoms with Crippen LogP contribution < -0.4 is 5.32 Å². The van der Waals surface area contributed by atoms with Gasteiger partial charge in [-0.05, 0) is 52.6 Å². The van der Waals surface area contributed by atoms with Gasteiger partial charge in [-0.15, -0.1) is 0 Å². The summed E-state index contributed by atoms with van der Waals surface area (Å²) in [6.07, 6.45) is 0. The molecular weight excluding hydrogens is 374 g/mol. The van der Waals surface area contributed by atoms with Gasteiger partial charge in [-0.3, -0.25) is 9.79 Å². The summed E-state index contributed by atoms with van der Waals surface area (Å²) in [4.78, 5) is 16.5. The molecular formula is C23H18F2N2O2. The second-order valence-corrected chi connectivity index (χ2v) is 6.82. The average molecular weight is 392 g/mol. The largest absolute Gasteiger partial charge is 0.394 e. The number of halogens is 2. The van der Waals surface area contributed by atoms with Crippen LogP contribution in [0.1, 0.15) is 33.1 Å². The van der Waals surface area contributed by atoms with Crippen LogP contribution in [0.25, 0.3) is 11.1 Å². The van der Waals surface area contributed by atoms with Crippen molar-refractivity contribution < 1.29 is 18.7 Å². The molecule has 2 N–H and O–H groups in total. The van der Waals surface area contributed by atoms with Gasteiger partial charge in [0.15, 0.2) is 0 Å². The summed E-state index contributed by atoms with van der Waals surface area (Å²) in [6, 6.07) is 17.3. The maximum atomic E-state index is 13.8. The zero-order valence-corrected chi connectivity index (χ0v) is 15.4. The third kappa shape index (κ3) is 3.93. The first-order valence-corrected chi connectivity index (χ1v) is 9.16. The Bertz CT molecular complexity index is 1110. The van der Waals surface area contributed by atoms with Crippen molar-refractivity contribution in [2.75, 3.05) is 6.61 Å². The van der Waals surface area contributed by atoms with Crippen LogP contribution in [0.4, 0.5) is 8.78 Å². The van der Waals surface area contributed by atoms with Crippen molar-refractivity contribution in [3.8, 4) is 11.1 Å². The Kier molecular flexibility index (Phi) is 5.18. The van der Waals surface area contributed by atoms with Crippen LogP contribution in [0.15, 0.2) is 71.7 Å². The first-order chi connectivity index (χ1) is 14.0. The molecule has 146 valence electrons. The van der Waals surface area contributed by atoms with Crippen LogP contribution >= 0.6 is 0 Å². The molecule has 0 saturated heterocycles. The molecule has 1 aliphatic heterocycles. The topological polar surface area (TPSA) is 61.7 Å². The van der Waals surface area contributed by atoms with Gasteiger partial charge in [0.25, 0.3) is 5.91 Å². The number of aliphatic imine (C=N–C) groups is 1. The first kappa shape index (κ1) is 19.0. The van der Waals surface area contributed by atoms with Gasteiger partial charge >= 0.3 is 0 Å². The Morgan fingerprint density at radius 3 is 2.62 bits per heavy atom. The molecule has 29 heavy (non-hydrogen) atoms. The van der Waals surface area contributed by atoms with E-state index in [4.69, 9.17) is 0 Å². The molecule has 1 heterocycles. The van der Waals surface area contributed by atoms with Crippen molar-refractivity contribution in [3.05, 3.63) is 94.8 Å². The second-order valence-electron chi connectivity index (χ2n) is 6.82. The number of aliphatic hydroxyl groups excluding tert-OH is 1. The SMILES string of the molecule is O=C(NC(CO)c1cccc(F)c1)c1cccc(-c2ccc3c(c2)C(F)=NC3)c1. The number of rotatable bonds is 5. The van der Waals surface area contributed by atoms with E-state index in [1.807, 2.05) is 18.2 Å². The van der Waals surface area contributed by atoms with E-state index in [2.05, 4.69) is 10.3 Å². The minimum absolute atomic E-state index is 0.340. The van der Waals surface area contributed by atoms with E-state index in [1.165, 1.54) is 18.2 Å². The van der Waals surface area contributed by atoms with E-state index in [0.29, 0.717) is 23.2 Å². The fourth-order valence-electron chi connectivity index (χ4n) is 3.36. The van der Waals surface area contributed by atoms with Gasteiger partial charge in [0.05, 0.1) is 19.2 Å². The van der Waals surface area contributed by atoms with Crippen molar-refractivity contribution in [3.63, 3.8) is 0 Å². The molecule has 0 spiro atoms. The number of hydrogen-bond donors (Lipinski definition) is 2. The highest BCUT2D eigenvalue weighted by molar-refractivity contribution is 5.99. The highest BCUT2D eigenvalue weighted by Crippen LogP contribution is 2.27. The molecule has 0 bridgehead atoms. The molecule has 1 atom stereocenters. The summed E-state index contributed by atoms with van der Waals surface area (Å²) >= 11 is 0. The number of carbonyl (C=O) groups excluding carboxylic acids is 1. The summed E-state index contributed by atoms with van der Waals surface area (Å²) in [7, 11) is 0. The highest BCUT2D eigenvalue weighted by atomic mass is 19.1. The van der Waals surface area contributed by atoms with Crippen LogP contribution in [0.5, 0.6) is 0 Å². The molecule has 3 aromatic carbocycles. The van der Waals surface area contributed by atoms with Gasteiger partial charge in [-0.2, -0.15) is 4.39 Å². The summed E-state index contributed by atoms with van der Waals surface area (Å²) in [6.45, 7) is -0.0230. The molecule has 3 aromatic rings. The number of hydrogen-bond acceptors (Lipinski definition) is 3. The van der Waals surface area contributed by atoms with Gasteiger partial charge in [-0.1, -0.05) is 36.4 Å². The van der Waals surface area contributed by atoms with E-state index in [9.17, 15) is 18.7 Å². The number of amides is 1. The fourth-order valence-corrected chi connectivity index (χ4v) is 3.36. The van der Waals surface area contributed by atoms with E-state index >= 15 is 0 Å². The normalized spacial score (nSPS) is 13.6. The lowest BCUT2D eigenvalue weighted by molar-refractivity contribution is 0.0916. The smallest absolute Gasteiger partial charge is 0.251 e. The van der Waals surface area contributed by atoms with Crippen molar-refractivity contribution in [1.82, 2.24) is 5.32 Å². The number of benzene rings is 3. The second kappa shape index (κ2) is 7.93. The Labute approximate surface area is 166 Å². The van der Waals surface area contributed by atoms with Gasteiger partial charge in [-0.25, -0.2) is 4.39 Å². The quantitative estimate of drug-likeness (QED) is 0.684. The Hall–Kier alpha value is -3.38. The molecule has 4 rings (SSSR count). The Morgan fingerprint density at radius 1 is 1.03 bits per heavy atom. The Balaban J connectivity index is 1.58. The Morgan fingerprint density at radius 2 is 1.83 bits per heavy atom. The maximum Gasteiger partial charge on any atom is 0.251 e. The van der Waals surface area contributed by atoms with Gasteiger partial charge in [0.1, 0.15) is 5.82 Å². The van der Waals surface area contributed by atoms with Crippen molar-refractivity contribution in [2.45, 2.75) is 12.6 Å². The third-order valence-electron chi connectivity index (χ3n) is 4.92. The standard InChI is InChI=1S/C23H18F2N2O2/c24-19-6-2-4-16(10-19)21(13-28)27-23(29)17-5-1-3-14(9-17)15-7-8-18-12-26-22(25)20(18)11-15/h1-11,21,28H,12-13H2,(H,27,29). The summed E-state index contributed by atoms with van der Waals surface area (Å²) in [5.41, 5.74) is 3.70. The third-order valence-corrected chi connectivity index (χ3v) is 4.92. The molecule has 0 radical (unpaired) electrons.